The standard InChI is InChI=1S/C34H36N2O2/c1-26(2)35-34(38)32(23-27-15-7-3-8-16-27)36(25-28-17-9-4-10-18-28)33(37)24-31(29-19-11-5-12-20-29)30-21-13-6-14-22-30/h3-22,26,31-32H,23-25H2,1-2H3,(H,35,38)/t32-/m0/s1. The van der Waals surface area contributed by atoms with Gasteiger partial charge in [-0.05, 0) is 36.1 Å². The molecule has 2 amide bonds. The van der Waals surface area contributed by atoms with Crippen molar-refractivity contribution >= 4 is 11.8 Å². The number of nitrogens with one attached hydrogen (secondary N) is 1. The van der Waals surface area contributed by atoms with Gasteiger partial charge in [-0.1, -0.05) is 121 Å². The summed E-state index contributed by atoms with van der Waals surface area (Å²) < 4.78 is 0. The van der Waals surface area contributed by atoms with Gasteiger partial charge in [0.15, 0.2) is 0 Å². The van der Waals surface area contributed by atoms with Gasteiger partial charge in [0.25, 0.3) is 0 Å². The molecule has 0 aliphatic rings. The van der Waals surface area contributed by atoms with E-state index >= 15 is 0 Å². The summed E-state index contributed by atoms with van der Waals surface area (Å²) in [5.74, 6) is -0.302. The fourth-order valence-corrected chi connectivity index (χ4v) is 4.81. The third-order valence-corrected chi connectivity index (χ3v) is 6.68. The first-order valence-electron chi connectivity index (χ1n) is 13.3. The fourth-order valence-electron chi connectivity index (χ4n) is 4.81. The molecule has 4 rings (SSSR count). The first-order valence-corrected chi connectivity index (χ1v) is 13.3. The van der Waals surface area contributed by atoms with Crippen LogP contribution >= 0.6 is 0 Å². The van der Waals surface area contributed by atoms with E-state index in [0.29, 0.717) is 13.0 Å². The molecule has 38 heavy (non-hydrogen) atoms. The maximum atomic E-state index is 14.3. The van der Waals surface area contributed by atoms with E-state index in [2.05, 4.69) is 29.6 Å². The van der Waals surface area contributed by atoms with Gasteiger partial charge >= 0.3 is 0 Å². The third kappa shape index (κ3) is 7.42. The smallest absolute Gasteiger partial charge is 0.243 e. The lowest BCUT2D eigenvalue weighted by molar-refractivity contribution is -0.141. The van der Waals surface area contributed by atoms with Gasteiger partial charge in [0.1, 0.15) is 6.04 Å². The van der Waals surface area contributed by atoms with Crippen LogP contribution in [0.5, 0.6) is 0 Å². The molecule has 0 unspecified atom stereocenters. The van der Waals surface area contributed by atoms with Crippen molar-refractivity contribution < 1.29 is 9.59 Å². The summed E-state index contributed by atoms with van der Waals surface area (Å²) in [5.41, 5.74) is 4.17. The highest BCUT2D eigenvalue weighted by atomic mass is 16.2. The maximum Gasteiger partial charge on any atom is 0.243 e. The van der Waals surface area contributed by atoms with E-state index in [9.17, 15) is 9.59 Å². The molecule has 4 aromatic rings. The minimum absolute atomic E-state index is 0.0316. The quantitative estimate of drug-likeness (QED) is 0.258. The van der Waals surface area contributed by atoms with Crippen molar-refractivity contribution in [2.75, 3.05) is 0 Å². The van der Waals surface area contributed by atoms with Crippen molar-refractivity contribution in [2.24, 2.45) is 0 Å². The van der Waals surface area contributed by atoms with Gasteiger partial charge in [0, 0.05) is 31.3 Å². The number of hydrogen-bond donors (Lipinski definition) is 1. The first-order chi connectivity index (χ1) is 18.5. The fraction of sp³-hybridized carbons (Fsp3) is 0.235. The summed E-state index contributed by atoms with van der Waals surface area (Å²) in [5, 5.41) is 3.07. The minimum atomic E-state index is -0.639. The molecule has 0 fully saturated rings. The lowest BCUT2D eigenvalue weighted by atomic mass is 9.87. The molecule has 4 heteroatoms. The minimum Gasteiger partial charge on any atom is -0.352 e. The van der Waals surface area contributed by atoms with Crippen molar-refractivity contribution in [3.8, 4) is 0 Å². The molecule has 0 bridgehead atoms. The second-order valence-electron chi connectivity index (χ2n) is 9.95. The largest absolute Gasteiger partial charge is 0.352 e. The third-order valence-electron chi connectivity index (χ3n) is 6.68. The predicted octanol–water partition coefficient (Wildman–Crippen LogP) is 6.37. The molecule has 0 aliphatic carbocycles. The Balaban J connectivity index is 1.72. The van der Waals surface area contributed by atoms with Crippen LogP contribution < -0.4 is 5.32 Å². The molecular formula is C34H36N2O2. The Morgan fingerprint density at radius 1 is 0.658 bits per heavy atom. The van der Waals surface area contributed by atoms with Crippen LogP contribution in [0.1, 0.15) is 48.4 Å². The van der Waals surface area contributed by atoms with Crippen LogP contribution in [-0.4, -0.2) is 28.8 Å². The summed E-state index contributed by atoms with van der Waals surface area (Å²) in [6, 6.07) is 39.4. The van der Waals surface area contributed by atoms with Crippen LogP contribution in [0.2, 0.25) is 0 Å². The molecule has 194 valence electrons. The zero-order valence-electron chi connectivity index (χ0n) is 22.2. The molecule has 4 aromatic carbocycles. The normalized spacial score (nSPS) is 11.8. The van der Waals surface area contributed by atoms with E-state index in [-0.39, 0.29) is 30.2 Å². The second kappa shape index (κ2) is 13.4. The van der Waals surface area contributed by atoms with Crippen molar-refractivity contribution in [1.29, 1.82) is 0 Å². The van der Waals surface area contributed by atoms with Crippen LogP contribution in [0.4, 0.5) is 0 Å². The Morgan fingerprint density at radius 2 is 1.11 bits per heavy atom. The van der Waals surface area contributed by atoms with Gasteiger partial charge in [-0.3, -0.25) is 9.59 Å². The molecule has 0 heterocycles. The Morgan fingerprint density at radius 3 is 1.58 bits per heavy atom. The zero-order valence-corrected chi connectivity index (χ0v) is 22.2. The second-order valence-corrected chi connectivity index (χ2v) is 9.95. The van der Waals surface area contributed by atoms with E-state index in [1.165, 1.54) is 0 Å². The average molecular weight is 505 g/mol. The lowest BCUT2D eigenvalue weighted by Crippen LogP contribution is -2.52. The molecule has 1 N–H and O–H groups in total. The molecule has 4 nitrogen and oxygen atoms in total. The van der Waals surface area contributed by atoms with Gasteiger partial charge in [-0.15, -0.1) is 0 Å². The van der Waals surface area contributed by atoms with Crippen LogP contribution in [0.3, 0.4) is 0 Å². The van der Waals surface area contributed by atoms with Crippen molar-refractivity contribution in [1.82, 2.24) is 10.2 Å². The van der Waals surface area contributed by atoms with Crippen molar-refractivity contribution in [2.45, 2.75) is 51.2 Å². The number of nitrogens with zero attached hydrogens (tertiary/aromatic N) is 1. The molecule has 0 aliphatic heterocycles. The van der Waals surface area contributed by atoms with Gasteiger partial charge in [-0.2, -0.15) is 0 Å². The van der Waals surface area contributed by atoms with Crippen molar-refractivity contribution in [3.63, 3.8) is 0 Å². The zero-order chi connectivity index (χ0) is 26.7. The Kier molecular flexibility index (Phi) is 9.47. The molecule has 0 spiro atoms. The summed E-state index contributed by atoms with van der Waals surface area (Å²) in [4.78, 5) is 29.7. The molecular weight excluding hydrogens is 468 g/mol. The van der Waals surface area contributed by atoms with Crippen LogP contribution in [-0.2, 0) is 22.6 Å². The number of carbonyl (C=O) groups is 2. The number of hydrogen-bond acceptors (Lipinski definition) is 2. The molecule has 0 saturated carbocycles. The molecule has 1 atom stereocenters. The van der Waals surface area contributed by atoms with Gasteiger partial charge < -0.3 is 10.2 Å². The molecule has 0 aromatic heterocycles. The summed E-state index contributed by atoms with van der Waals surface area (Å²) in [6.45, 7) is 4.25. The van der Waals surface area contributed by atoms with Crippen LogP contribution in [0, 0.1) is 0 Å². The maximum absolute atomic E-state index is 14.3. The van der Waals surface area contributed by atoms with Gasteiger partial charge in [-0.25, -0.2) is 0 Å². The Bertz CT molecular complexity index is 1240. The Labute approximate surface area is 226 Å². The van der Waals surface area contributed by atoms with E-state index in [0.717, 1.165) is 22.3 Å². The van der Waals surface area contributed by atoms with Crippen LogP contribution in [0.25, 0.3) is 0 Å². The summed E-state index contributed by atoms with van der Waals surface area (Å²) >= 11 is 0. The van der Waals surface area contributed by atoms with Crippen molar-refractivity contribution in [3.05, 3.63) is 144 Å². The molecule has 0 radical (unpaired) electrons. The SMILES string of the molecule is CC(C)NC(=O)[C@H](Cc1ccccc1)N(Cc1ccccc1)C(=O)CC(c1ccccc1)c1ccccc1. The van der Waals surface area contributed by atoms with E-state index in [1.807, 2.05) is 111 Å². The Hall–Kier alpha value is -4.18. The summed E-state index contributed by atoms with van der Waals surface area (Å²) in [6.07, 6.45) is 0.709. The predicted molar refractivity (Wildman–Crippen MR) is 154 cm³/mol. The highest BCUT2D eigenvalue weighted by molar-refractivity contribution is 5.88. The van der Waals surface area contributed by atoms with E-state index in [1.54, 1.807) is 4.90 Å². The van der Waals surface area contributed by atoms with E-state index < -0.39 is 6.04 Å². The molecule has 0 saturated heterocycles. The topological polar surface area (TPSA) is 49.4 Å². The highest BCUT2D eigenvalue weighted by Gasteiger charge is 2.32. The van der Waals surface area contributed by atoms with Gasteiger partial charge in [0.05, 0.1) is 0 Å². The van der Waals surface area contributed by atoms with E-state index in [4.69, 9.17) is 0 Å². The average Bonchev–Trinajstić information content (AvgIpc) is 2.95. The highest BCUT2D eigenvalue weighted by Crippen LogP contribution is 2.30. The number of carbonyl (C=O) groups excluding carboxylic acids is 2. The first kappa shape index (κ1) is 26.9. The van der Waals surface area contributed by atoms with Crippen LogP contribution in [0.15, 0.2) is 121 Å². The number of rotatable bonds is 11. The lowest BCUT2D eigenvalue weighted by Gasteiger charge is -2.33. The summed E-state index contributed by atoms with van der Waals surface area (Å²) in [7, 11) is 0. The number of benzene rings is 4. The van der Waals surface area contributed by atoms with Gasteiger partial charge in [0.2, 0.25) is 11.8 Å². The monoisotopic (exact) mass is 504 g/mol. The number of amides is 2.